The lowest BCUT2D eigenvalue weighted by Gasteiger charge is -2.15. The van der Waals surface area contributed by atoms with Gasteiger partial charge >= 0.3 is 5.91 Å². The fraction of sp³-hybridized carbons (Fsp3) is 0.125. The second kappa shape index (κ2) is 5.48. The molecule has 3 heteroatoms. The highest BCUT2D eigenvalue weighted by Gasteiger charge is 2.36. The molecule has 0 N–H and O–H groups in total. The number of rotatable bonds is 1. The Morgan fingerprint density at radius 1 is 0.789 bits per heavy atom. The summed E-state index contributed by atoms with van der Waals surface area (Å²) in [4.78, 5) is 25.2. The Balaban J connectivity index is 0.000000637. The van der Waals surface area contributed by atoms with Crippen LogP contribution in [0.15, 0.2) is 54.6 Å². The van der Waals surface area contributed by atoms with Crippen LogP contribution >= 0.6 is 0 Å². The SMILES string of the molecule is CC.O=C1C(=O)N(c2ccccc2)c2ccccc21. The maximum atomic E-state index is 11.9. The molecule has 0 unspecified atom stereocenters. The van der Waals surface area contributed by atoms with Gasteiger partial charge < -0.3 is 0 Å². The summed E-state index contributed by atoms with van der Waals surface area (Å²) >= 11 is 0. The maximum absolute atomic E-state index is 11.9. The first-order valence-corrected chi connectivity index (χ1v) is 6.32. The minimum Gasteiger partial charge on any atom is -0.283 e. The normalized spacial score (nSPS) is 12.8. The topological polar surface area (TPSA) is 37.4 Å². The molecular formula is C16H15NO2. The molecule has 2 aromatic rings. The van der Waals surface area contributed by atoms with E-state index >= 15 is 0 Å². The monoisotopic (exact) mass is 253 g/mol. The number of benzene rings is 2. The first kappa shape index (κ1) is 13.0. The van der Waals surface area contributed by atoms with Crippen molar-refractivity contribution in [2.24, 2.45) is 0 Å². The molecule has 96 valence electrons. The van der Waals surface area contributed by atoms with E-state index in [-0.39, 0.29) is 0 Å². The van der Waals surface area contributed by atoms with Crippen molar-refractivity contribution < 1.29 is 9.59 Å². The molecule has 0 aliphatic carbocycles. The van der Waals surface area contributed by atoms with E-state index in [1.54, 1.807) is 18.2 Å². The molecule has 0 aromatic heterocycles. The van der Waals surface area contributed by atoms with Crippen molar-refractivity contribution in [2.45, 2.75) is 13.8 Å². The molecule has 0 saturated heterocycles. The van der Waals surface area contributed by atoms with Crippen LogP contribution in [0.2, 0.25) is 0 Å². The second-order valence-electron chi connectivity index (χ2n) is 3.82. The van der Waals surface area contributed by atoms with Crippen LogP contribution in [-0.2, 0) is 4.79 Å². The number of carbonyl (C=O) groups is 2. The third-order valence-corrected chi connectivity index (χ3v) is 2.80. The summed E-state index contributed by atoms with van der Waals surface area (Å²) in [6, 6.07) is 16.2. The van der Waals surface area contributed by atoms with Crippen molar-refractivity contribution in [2.75, 3.05) is 4.90 Å². The largest absolute Gasteiger partial charge is 0.304 e. The predicted octanol–water partition coefficient (Wildman–Crippen LogP) is 3.57. The van der Waals surface area contributed by atoms with E-state index in [1.165, 1.54) is 4.90 Å². The van der Waals surface area contributed by atoms with Gasteiger partial charge in [-0.25, -0.2) is 0 Å². The highest BCUT2D eigenvalue weighted by molar-refractivity contribution is 6.53. The smallest absolute Gasteiger partial charge is 0.283 e. The van der Waals surface area contributed by atoms with Crippen molar-refractivity contribution in [3.05, 3.63) is 60.2 Å². The lowest BCUT2D eigenvalue weighted by molar-refractivity contribution is -0.113. The molecule has 1 aliphatic rings. The Morgan fingerprint density at radius 3 is 2.05 bits per heavy atom. The Kier molecular flexibility index (Phi) is 3.76. The van der Waals surface area contributed by atoms with Crippen molar-refractivity contribution in [3.63, 3.8) is 0 Å². The fourth-order valence-electron chi connectivity index (χ4n) is 2.02. The van der Waals surface area contributed by atoms with Crippen molar-refractivity contribution >= 4 is 23.1 Å². The highest BCUT2D eigenvalue weighted by Crippen LogP contribution is 2.34. The van der Waals surface area contributed by atoms with Crippen LogP contribution in [0.3, 0.4) is 0 Å². The third kappa shape index (κ3) is 2.15. The average Bonchev–Trinajstić information content (AvgIpc) is 2.75. The van der Waals surface area contributed by atoms with Crippen molar-refractivity contribution in [1.29, 1.82) is 0 Å². The van der Waals surface area contributed by atoms with Gasteiger partial charge in [0.1, 0.15) is 0 Å². The van der Waals surface area contributed by atoms with Gasteiger partial charge in [-0.1, -0.05) is 44.2 Å². The number of ketones is 1. The maximum Gasteiger partial charge on any atom is 0.304 e. The summed E-state index contributed by atoms with van der Waals surface area (Å²) in [7, 11) is 0. The van der Waals surface area contributed by atoms with E-state index in [4.69, 9.17) is 0 Å². The van der Waals surface area contributed by atoms with Crippen LogP contribution in [0, 0.1) is 0 Å². The molecule has 1 amide bonds. The molecule has 0 saturated carbocycles. The summed E-state index contributed by atoms with van der Waals surface area (Å²) in [5.74, 6) is -0.929. The third-order valence-electron chi connectivity index (χ3n) is 2.80. The average molecular weight is 253 g/mol. The molecule has 3 rings (SSSR count). The van der Waals surface area contributed by atoms with Gasteiger partial charge in [0.15, 0.2) is 0 Å². The molecule has 1 heterocycles. The van der Waals surface area contributed by atoms with Crippen LogP contribution in [0.4, 0.5) is 11.4 Å². The molecule has 0 bridgehead atoms. The van der Waals surface area contributed by atoms with E-state index < -0.39 is 11.7 Å². The van der Waals surface area contributed by atoms with Crippen LogP contribution < -0.4 is 4.90 Å². The second-order valence-corrected chi connectivity index (χ2v) is 3.82. The number of carbonyl (C=O) groups excluding carboxylic acids is 2. The molecule has 0 atom stereocenters. The standard InChI is InChI=1S/C14H9NO2.C2H6/c16-13-11-8-4-5-9-12(11)15(14(13)17)10-6-2-1-3-7-10;1-2/h1-9H;1-2H3. The number of fused-ring (bicyclic) bond motifs is 1. The van der Waals surface area contributed by atoms with E-state index in [2.05, 4.69) is 0 Å². The highest BCUT2D eigenvalue weighted by atomic mass is 16.2. The van der Waals surface area contributed by atoms with Gasteiger partial charge in [-0.15, -0.1) is 0 Å². The van der Waals surface area contributed by atoms with Gasteiger partial charge in [0, 0.05) is 5.69 Å². The van der Waals surface area contributed by atoms with Gasteiger partial charge in [0.05, 0.1) is 11.3 Å². The number of para-hydroxylation sites is 2. The number of hydrogen-bond donors (Lipinski definition) is 0. The Bertz CT molecular complexity index is 605. The fourth-order valence-corrected chi connectivity index (χ4v) is 2.02. The first-order valence-electron chi connectivity index (χ1n) is 6.32. The predicted molar refractivity (Wildman–Crippen MR) is 75.7 cm³/mol. The van der Waals surface area contributed by atoms with Crippen LogP contribution in [0.1, 0.15) is 24.2 Å². The molecule has 3 nitrogen and oxygen atoms in total. The van der Waals surface area contributed by atoms with Crippen molar-refractivity contribution in [3.8, 4) is 0 Å². The van der Waals surface area contributed by atoms with Gasteiger partial charge in [-0.3, -0.25) is 14.5 Å². The van der Waals surface area contributed by atoms with E-state index in [0.717, 1.165) is 5.69 Å². The van der Waals surface area contributed by atoms with Gasteiger partial charge in [0.25, 0.3) is 5.78 Å². The summed E-state index contributed by atoms with van der Waals surface area (Å²) in [5.41, 5.74) is 1.85. The van der Waals surface area contributed by atoms with E-state index in [0.29, 0.717) is 11.3 Å². The number of hydrogen-bond acceptors (Lipinski definition) is 2. The minimum atomic E-state index is -0.489. The van der Waals surface area contributed by atoms with Gasteiger partial charge in [-0.05, 0) is 24.3 Å². The zero-order valence-electron chi connectivity index (χ0n) is 11.0. The van der Waals surface area contributed by atoms with Gasteiger partial charge in [0.2, 0.25) is 0 Å². The Morgan fingerprint density at radius 2 is 1.37 bits per heavy atom. The van der Waals surface area contributed by atoms with Crippen LogP contribution in [-0.4, -0.2) is 11.7 Å². The summed E-state index contributed by atoms with van der Waals surface area (Å²) in [6.45, 7) is 4.00. The summed E-state index contributed by atoms with van der Waals surface area (Å²) in [6.07, 6.45) is 0. The molecular weight excluding hydrogens is 238 g/mol. The number of nitrogens with zero attached hydrogens (tertiary/aromatic N) is 1. The van der Waals surface area contributed by atoms with E-state index in [9.17, 15) is 9.59 Å². The quantitative estimate of drug-likeness (QED) is 0.728. The van der Waals surface area contributed by atoms with Crippen LogP contribution in [0.25, 0.3) is 0 Å². The van der Waals surface area contributed by atoms with Crippen LogP contribution in [0.5, 0.6) is 0 Å². The molecule has 0 spiro atoms. The molecule has 19 heavy (non-hydrogen) atoms. The Hall–Kier alpha value is -2.42. The molecule has 0 radical (unpaired) electrons. The first-order chi connectivity index (χ1) is 9.29. The lowest BCUT2D eigenvalue weighted by Crippen LogP contribution is -2.24. The molecule has 1 aliphatic heterocycles. The zero-order chi connectivity index (χ0) is 13.8. The zero-order valence-corrected chi connectivity index (χ0v) is 11.0. The minimum absolute atomic E-state index is 0.440. The Labute approximate surface area is 112 Å². The summed E-state index contributed by atoms with van der Waals surface area (Å²) in [5, 5.41) is 0. The van der Waals surface area contributed by atoms with E-state index in [1.807, 2.05) is 50.2 Å². The molecule has 0 fully saturated rings. The lowest BCUT2D eigenvalue weighted by atomic mass is 10.1. The molecule has 2 aromatic carbocycles. The van der Waals surface area contributed by atoms with Crippen molar-refractivity contribution in [1.82, 2.24) is 0 Å². The number of Topliss-reactive ketones (excluding diaryl/α,β-unsaturated/α-hetero) is 1. The number of anilines is 2. The summed E-state index contributed by atoms with van der Waals surface area (Å²) < 4.78 is 0. The van der Waals surface area contributed by atoms with Gasteiger partial charge in [-0.2, -0.15) is 0 Å². The number of amides is 1.